The van der Waals surface area contributed by atoms with Crippen LogP contribution in [-0.4, -0.2) is 24.9 Å². The van der Waals surface area contributed by atoms with Crippen LogP contribution in [0.15, 0.2) is 0 Å². The Morgan fingerprint density at radius 2 is 1.50 bits per heavy atom. The minimum Gasteiger partial charge on any atom is -0.305 e. The van der Waals surface area contributed by atoms with Gasteiger partial charge in [-0.05, 0) is 0 Å². The van der Waals surface area contributed by atoms with E-state index in [1.807, 2.05) is 0 Å². The van der Waals surface area contributed by atoms with E-state index in [1.165, 1.54) is 0 Å². The van der Waals surface area contributed by atoms with Crippen LogP contribution in [0.25, 0.3) is 0 Å². The fraction of sp³-hybridized carbons (Fsp3) is 1.00. The molecule has 0 N–H and O–H groups in total. The third-order valence-electron chi connectivity index (χ3n) is 1.24. The quantitative estimate of drug-likeness (QED) is 0.550. The second-order valence-corrected chi connectivity index (χ2v) is 2.02. The Labute approximate surface area is 62.0 Å². The highest BCUT2D eigenvalue weighted by Crippen LogP contribution is 2.49. The summed E-state index contributed by atoms with van der Waals surface area (Å²) < 4.78 is 77.5. The van der Waals surface area contributed by atoms with Crippen LogP contribution in [0.2, 0.25) is 0 Å². The molecule has 8 heteroatoms. The standard InChI is InChI=1S/C4H2F6O2/c5-2(3(6,7)8)4(9,10)12-1-11-2/h1H2. The second kappa shape index (κ2) is 2.25. The molecule has 0 radical (unpaired) electrons. The van der Waals surface area contributed by atoms with Gasteiger partial charge in [0.1, 0.15) is 0 Å². The Morgan fingerprint density at radius 1 is 1.00 bits per heavy atom. The van der Waals surface area contributed by atoms with Crippen LogP contribution in [0, 0.1) is 0 Å². The molecule has 2 nitrogen and oxygen atoms in total. The first kappa shape index (κ1) is 9.59. The van der Waals surface area contributed by atoms with Crippen molar-refractivity contribution in [2.45, 2.75) is 18.1 Å². The molecular weight excluding hydrogens is 194 g/mol. The largest absolute Gasteiger partial charge is 0.458 e. The lowest BCUT2D eigenvalue weighted by molar-refractivity contribution is -0.393. The normalized spacial score (nSPS) is 35.5. The first-order valence-corrected chi connectivity index (χ1v) is 2.62. The molecule has 72 valence electrons. The van der Waals surface area contributed by atoms with E-state index in [-0.39, 0.29) is 0 Å². The molecule has 0 bridgehead atoms. The highest BCUT2D eigenvalue weighted by molar-refractivity contribution is 4.88. The van der Waals surface area contributed by atoms with Gasteiger partial charge in [0.25, 0.3) is 0 Å². The van der Waals surface area contributed by atoms with E-state index in [4.69, 9.17) is 0 Å². The van der Waals surface area contributed by atoms with E-state index in [0.717, 1.165) is 0 Å². The molecule has 0 aliphatic carbocycles. The van der Waals surface area contributed by atoms with Gasteiger partial charge in [-0.1, -0.05) is 0 Å². The zero-order chi connectivity index (χ0) is 9.62. The number of hydrogen-bond donors (Lipinski definition) is 0. The van der Waals surface area contributed by atoms with Crippen molar-refractivity contribution in [1.82, 2.24) is 0 Å². The van der Waals surface area contributed by atoms with Crippen molar-refractivity contribution in [3.05, 3.63) is 0 Å². The Morgan fingerprint density at radius 3 is 1.67 bits per heavy atom. The Hall–Kier alpha value is -0.500. The highest BCUT2D eigenvalue weighted by Gasteiger charge is 2.77. The Balaban J connectivity index is 2.98. The molecule has 1 rings (SSSR count). The van der Waals surface area contributed by atoms with Crippen molar-refractivity contribution >= 4 is 0 Å². The summed E-state index contributed by atoms with van der Waals surface area (Å²) in [5.41, 5.74) is 0. The molecule has 1 unspecified atom stereocenters. The van der Waals surface area contributed by atoms with Gasteiger partial charge in [-0.15, -0.1) is 0 Å². The average molecular weight is 196 g/mol. The second-order valence-electron chi connectivity index (χ2n) is 2.02. The summed E-state index contributed by atoms with van der Waals surface area (Å²) in [5.74, 6) is -5.03. The van der Waals surface area contributed by atoms with Crippen LogP contribution in [0.3, 0.4) is 0 Å². The van der Waals surface area contributed by atoms with Gasteiger partial charge in [-0.3, -0.25) is 4.74 Å². The van der Waals surface area contributed by atoms with Crippen molar-refractivity contribution in [2.24, 2.45) is 0 Å². The molecule has 1 atom stereocenters. The molecule has 0 saturated carbocycles. The van der Waals surface area contributed by atoms with Crippen molar-refractivity contribution in [2.75, 3.05) is 6.79 Å². The third kappa shape index (κ3) is 1.06. The highest BCUT2D eigenvalue weighted by atomic mass is 19.4. The van der Waals surface area contributed by atoms with Gasteiger partial charge in [0.2, 0.25) is 0 Å². The van der Waals surface area contributed by atoms with Gasteiger partial charge >= 0.3 is 18.1 Å². The van der Waals surface area contributed by atoms with Gasteiger partial charge in [-0.25, -0.2) is 0 Å². The first-order chi connectivity index (χ1) is 5.21. The number of hydrogen-bond acceptors (Lipinski definition) is 2. The zero-order valence-electron chi connectivity index (χ0n) is 5.29. The minimum absolute atomic E-state index is 1.43. The van der Waals surface area contributed by atoms with Crippen molar-refractivity contribution < 1.29 is 35.8 Å². The molecule has 1 fully saturated rings. The summed E-state index contributed by atoms with van der Waals surface area (Å²) in [6, 6.07) is 0. The number of halogens is 6. The topological polar surface area (TPSA) is 18.5 Å². The van der Waals surface area contributed by atoms with Crippen LogP contribution >= 0.6 is 0 Å². The summed E-state index contributed by atoms with van der Waals surface area (Å²) in [7, 11) is 0. The molecular formula is C4H2F6O2. The zero-order valence-corrected chi connectivity index (χ0v) is 5.29. The maximum absolute atomic E-state index is 12.4. The lowest BCUT2D eigenvalue weighted by Crippen LogP contribution is -2.53. The van der Waals surface area contributed by atoms with Crippen LogP contribution in [0.1, 0.15) is 0 Å². The molecule has 12 heavy (non-hydrogen) atoms. The van der Waals surface area contributed by atoms with E-state index < -0.39 is 24.9 Å². The van der Waals surface area contributed by atoms with Crippen molar-refractivity contribution in [3.63, 3.8) is 0 Å². The van der Waals surface area contributed by atoms with E-state index in [2.05, 4.69) is 9.47 Å². The summed E-state index contributed by atoms with van der Waals surface area (Å²) in [6.45, 7) is -1.43. The van der Waals surface area contributed by atoms with Crippen LogP contribution < -0.4 is 0 Å². The fourth-order valence-corrected chi connectivity index (χ4v) is 0.608. The lowest BCUT2D eigenvalue weighted by atomic mass is 10.3. The van der Waals surface area contributed by atoms with Crippen LogP contribution in [0.5, 0.6) is 0 Å². The van der Waals surface area contributed by atoms with Gasteiger partial charge < -0.3 is 4.74 Å². The Kier molecular flexibility index (Phi) is 1.80. The predicted molar refractivity (Wildman–Crippen MR) is 21.9 cm³/mol. The van der Waals surface area contributed by atoms with Gasteiger partial charge in [0, 0.05) is 0 Å². The molecule has 1 aliphatic rings. The van der Waals surface area contributed by atoms with E-state index in [0.29, 0.717) is 0 Å². The van der Waals surface area contributed by atoms with E-state index >= 15 is 0 Å². The van der Waals surface area contributed by atoms with Crippen molar-refractivity contribution in [1.29, 1.82) is 0 Å². The predicted octanol–water partition coefficient (Wildman–Crippen LogP) is 1.81. The summed E-state index contributed by atoms with van der Waals surface area (Å²) in [5, 5.41) is 0. The number of alkyl halides is 6. The molecule has 1 aliphatic heterocycles. The van der Waals surface area contributed by atoms with Gasteiger partial charge in [-0.2, -0.15) is 26.3 Å². The monoisotopic (exact) mass is 196 g/mol. The number of rotatable bonds is 0. The summed E-state index contributed by atoms with van der Waals surface area (Å²) in [6.07, 6.45) is -10.8. The van der Waals surface area contributed by atoms with Gasteiger partial charge in [0.15, 0.2) is 6.79 Å². The molecule has 1 saturated heterocycles. The third-order valence-corrected chi connectivity index (χ3v) is 1.24. The van der Waals surface area contributed by atoms with Crippen molar-refractivity contribution in [3.8, 4) is 0 Å². The molecule has 0 aromatic rings. The maximum atomic E-state index is 12.4. The maximum Gasteiger partial charge on any atom is 0.458 e. The Bertz CT molecular complexity index is 188. The molecule has 0 spiro atoms. The number of ether oxygens (including phenoxy) is 2. The minimum atomic E-state index is -5.81. The molecule has 0 amide bonds. The summed E-state index contributed by atoms with van der Waals surface area (Å²) in [4.78, 5) is 0. The first-order valence-electron chi connectivity index (χ1n) is 2.62. The van der Waals surface area contributed by atoms with E-state index in [1.54, 1.807) is 0 Å². The SMILES string of the molecule is FC(F)(F)C1(F)OCOC1(F)F. The molecule has 1 heterocycles. The van der Waals surface area contributed by atoms with Crippen LogP contribution in [0.4, 0.5) is 26.3 Å². The van der Waals surface area contributed by atoms with E-state index in [9.17, 15) is 26.3 Å². The van der Waals surface area contributed by atoms with Crippen LogP contribution in [-0.2, 0) is 9.47 Å². The summed E-state index contributed by atoms with van der Waals surface area (Å²) >= 11 is 0. The average Bonchev–Trinajstić information content (AvgIpc) is 2.07. The molecule has 0 aromatic carbocycles. The fourth-order valence-electron chi connectivity index (χ4n) is 0.608. The molecule has 0 aromatic heterocycles. The van der Waals surface area contributed by atoms with Gasteiger partial charge in [0.05, 0.1) is 0 Å². The lowest BCUT2D eigenvalue weighted by Gasteiger charge is -2.24. The smallest absolute Gasteiger partial charge is 0.305 e.